The van der Waals surface area contributed by atoms with Gasteiger partial charge in [0, 0.05) is 34.7 Å². The van der Waals surface area contributed by atoms with Crippen LogP contribution in [0.5, 0.6) is 0 Å². The highest BCUT2D eigenvalue weighted by molar-refractivity contribution is 9.10. The first-order valence-corrected chi connectivity index (χ1v) is 6.90. The normalized spacial score (nSPS) is 10.5. The molecule has 0 radical (unpaired) electrons. The summed E-state index contributed by atoms with van der Waals surface area (Å²) in [4.78, 5) is 12.5. The molecule has 0 saturated heterocycles. The third kappa shape index (κ3) is 3.17. The van der Waals surface area contributed by atoms with Crippen molar-refractivity contribution in [1.82, 2.24) is 15.1 Å². The molecule has 0 atom stereocenters. The molecular weight excluding hydrogens is 302 g/mol. The van der Waals surface area contributed by atoms with E-state index in [4.69, 9.17) is 0 Å². The molecule has 17 heavy (non-hydrogen) atoms. The zero-order valence-corrected chi connectivity index (χ0v) is 11.7. The maximum atomic E-state index is 11.8. The van der Waals surface area contributed by atoms with Gasteiger partial charge in [0.05, 0.1) is 11.1 Å². The van der Waals surface area contributed by atoms with Gasteiger partial charge in [-0.05, 0) is 28.9 Å². The number of hydrogen-bond acceptors (Lipinski definition) is 3. The van der Waals surface area contributed by atoms with Gasteiger partial charge < -0.3 is 5.32 Å². The topological polar surface area (TPSA) is 46.9 Å². The van der Waals surface area contributed by atoms with Crippen LogP contribution in [-0.2, 0) is 13.1 Å². The average Bonchev–Trinajstić information content (AvgIpc) is 2.94. The number of aryl methyl sites for hydroxylation is 1. The summed E-state index contributed by atoms with van der Waals surface area (Å²) in [5.74, 6) is -0.0510. The number of amides is 1. The molecule has 0 spiro atoms. The Morgan fingerprint density at radius 2 is 2.47 bits per heavy atom. The number of aromatic nitrogens is 2. The monoisotopic (exact) mass is 313 g/mol. The highest BCUT2D eigenvalue weighted by atomic mass is 79.9. The first-order chi connectivity index (χ1) is 8.19. The van der Waals surface area contributed by atoms with Crippen LogP contribution in [-0.4, -0.2) is 15.7 Å². The largest absolute Gasteiger partial charge is 0.347 e. The van der Waals surface area contributed by atoms with E-state index < -0.39 is 0 Å². The molecule has 2 aromatic heterocycles. The molecular formula is C11H12BrN3OS. The van der Waals surface area contributed by atoms with Gasteiger partial charge in [-0.25, -0.2) is 0 Å². The second-order valence-electron chi connectivity index (χ2n) is 3.52. The quantitative estimate of drug-likeness (QED) is 0.943. The van der Waals surface area contributed by atoms with E-state index >= 15 is 0 Å². The molecule has 0 aliphatic rings. The first kappa shape index (κ1) is 12.3. The molecule has 2 heterocycles. The number of carbonyl (C=O) groups excluding carboxylic acids is 1. The fourth-order valence-electron chi connectivity index (χ4n) is 1.37. The lowest BCUT2D eigenvalue weighted by Crippen LogP contribution is -2.21. The van der Waals surface area contributed by atoms with Gasteiger partial charge >= 0.3 is 0 Å². The van der Waals surface area contributed by atoms with Crippen molar-refractivity contribution in [2.45, 2.75) is 20.0 Å². The van der Waals surface area contributed by atoms with Crippen LogP contribution in [0, 0.1) is 0 Å². The van der Waals surface area contributed by atoms with E-state index in [0.29, 0.717) is 11.4 Å². The van der Waals surface area contributed by atoms with Crippen molar-refractivity contribution >= 4 is 33.2 Å². The van der Waals surface area contributed by atoms with E-state index in [2.05, 4.69) is 26.3 Å². The number of hydrogen-bond donors (Lipinski definition) is 1. The molecule has 1 amide bonds. The highest BCUT2D eigenvalue weighted by Crippen LogP contribution is 2.19. The highest BCUT2D eigenvalue weighted by Gasteiger charge is 2.08. The maximum Gasteiger partial charge on any atom is 0.261 e. The lowest BCUT2D eigenvalue weighted by Gasteiger charge is -2.00. The lowest BCUT2D eigenvalue weighted by atomic mass is 10.3. The molecule has 0 unspecified atom stereocenters. The van der Waals surface area contributed by atoms with Crippen molar-refractivity contribution in [2.75, 3.05) is 0 Å². The molecule has 0 aliphatic heterocycles. The van der Waals surface area contributed by atoms with Gasteiger partial charge in [0.25, 0.3) is 5.91 Å². The minimum absolute atomic E-state index is 0.0510. The van der Waals surface area contributed by atoms with E-state index in [1.54, 1.807) is 6.20 Å². The second-order valence-corrected chi connectivity index (χ2v) is 5.34. The van der Waals surface area contributed by atoms with Crippen LogP contribution in [0.1, 0.15) is 22.2 Å². The summed E-state index contributed by atoms with van der Waals surface area (Å²) in [5, 5.41) is 8.91. The number of nitrogens with one attached hydrogen (secondary N) is 1. The van der Waals surface area contributed by atoms with Gasteiger partial charge in [0.15, 0.2) is 0 Å². The number of halogens is 1. The van der Waals surface area contributed by atoms with Crippen LogP contribution >= 0.6 is 27.3 Å². The van der Waals surface area contributed by atoms with Crippen LogP contribution in [0.4, 0.5) is 0 Å². The Hall–Kier alpha value is -1.14. The van der Waals surface area contributed by atoms with Crippen LogP contribution < -0.4 is 5.32 Å². The predicted molar refractivity (Wildman–Crippen MR) is 71.1 cm³/mol. The molecule has 2 rings (SSSR count). The van der Waals surface area contributed by atoms with E-state index in [1.807, 2.05) is 29.2 Å². The molecule has 4 nitrogen and oxygen atoms in total. The van der Waals surface area contributed by atoms with Gasteiger partial charge in [0.1, 0.15) is 0 Å². The Morgan fingerprint density at radius 3 is 3.06 bits per heavy atom. The number of nitrogens with zero attached hydrogens (tertiary/aromatic N) is 2. The molecule has 0 saturated carbocycles. The number of carbonyl (C=O) groups is 1. The molecule has 0 aliphatic carbocycles. The standard InChI is InChI=1S/C11H12BrN3OS/c1-2-15-6-8(5-14-15)4-13-11(16)10-3-9(12)7-17-10/h3,5-7H,2,4H2,1H3,(H,13,16). The van der Waals surface area contributed by atoms with E-state index in [0.717, 1.165) is 16.6 Å². The third-order valence-corrected chi connectivity index (χ3v) is 3.94. The summed E-state index contributed by atoms with van der Waals surface area (Å²) in [6.45, 7) is 3.37. The smallest absolute Gasteiger partial charge is 0.261 e. The number of rotatable bonds is 4. The lowest BCUT2D eigenvalue weighted by molar-refractivity contribution is 0.0955. The fourth-order valence-corrected chi connectivity index (χ4v) is 2.71. The predicted octanol–water partition coefficient (Wildman–Crippen LogP) is 2.66. The molecule has 6 heteroatoms. The maximum absolute atomic E-state index is 11.8. The van der Waals surface area contributed by atoms with Crippen molar-refractivity contribution in [1.29, 1.82) is 0 Å². The zero-order chi connectivity index (χ0) is 12.3. The van der Waals surface area contributed by atoms with Crippen molar-refractivity contribution in [3.63, 3.8) is 0 Å². The zero-order valence-electron chi connectivity index (χ0n) is 9.31. The molecule has 1 N–H and O–H groups in total. The van der Waals surface area contributed by atoms with Crippen LogP contribution in [0.15, 0.2) is 28.3 Å². The van der Waals surface area contributed by atoms with Crippen LogP contribution in [0.2, 0.25) is 0 Å². The van der Waals surface area contributed by atoms with Gasteiger partial charge in [-0.1, -0.05) is 0 Å². The summed E-state index contributed by atoms with van der Waals surface area (Å²) in [6.07, 6.45) is 3.71. The Morgan fingerprint density at radius 1 is 1.65 bits per heavy atom. The van der Waals surface area contributed by atoms with E-state index in [-0.39, 0.29) is 5.91 Å². The minimum atomic E-state index is -0.0510. The summed E-state index contributed by atoms with van der Waals surface area (Å²) >= 11 is 4.75. The van der Waals surface area contributed by atoms with Crippen LogP contribution in [0.25, 0.3) is 0 Å². The number of thiophene rings is 1. The van der Waals surface area contributed by atoms with Gasteiger partial charge in [-0.2, -0.15) is 5.10 Å². The van der Waals surface area contributed by atoms with Gasteiger partial charge in [-0.3, -0.25) is 9.48 Å². The first-order valence-electron chi connectivity index (χ1n) is 5.22. The van der Waals surface area contributed by atoms with Crippen LogP contribution in [0.3, 0.4) is 0 Å². The second kappa shape index (κ2) is 5.46. The Bertz CT molecular complexity index is 520. The summed E-state index contributed by atoms with van der Waals surface area (Å²) < 4.78 is 2.77. The van der Waals surface area contributed by atoms with E-state index in [1.165, 1.54) is 11.3 Å². The molecule has 0 fully saturated rings. The Kier molecular flexibility index (Phi) is 3.96. The van der Waals surface area contributed by atoms with Gasteiger partial charge in [0.2, 0.25) is 0 Å². The van der Waals surface area contributed by atoms with Gasteiger partial charge in [-0.15, -0.1) is 11.3 Å². The van der Waals surface area contributed by atoms with Crippen molar-refractivity contribution in [3.8, 4) is 0 Å². The molecule has 2 aromatic rings. The Labute approximate surface area is 112 Å². The SMILES string of the molecule is CCn1cc(CNC(=O)c2cc(Br)cs2)cn1. The molecule has 0 bridgehead atoms. The Balaban J connectivity index is 1.92. The molecule has 0 aromatic carbocycles. The van der Waals surface area contributed by atoms with Crippen molar-refractivity contribution in [2.24, 2.45) is 0 Å². The van der Waals surface area contributed by atoms with Crippen molar-refractivity contribution < 1.29 is 4.79 Å². The summed E-state index contributed by atoms with van der Waals surface area (Å²) in [7, 11) is 0. The summed E-state index contributed by atoms with van der Waals surface area (Å²) in [6, 6.07) is 1.81. The third-order valence-electron chi connectivity index (χ3n) is 2.26. The average molecular weight is 314 g/mol. The summed E-state index contributed by atoms with van der Waals surface area (Å²) in [5.41, 5.74) is 1.01. The minimum Gasteiger partial charge on any atom is -0.347 e. The van der Waals surface area contributed by atoms with Crippen molar-refractivity contribution in [3.05, 3.63) is 38.8 Å². The molecule has 90 valence electrons. The fraction of sp³-hybridized carbons (Fsp3) is 0.273. The van der Waals surface area contributed by atoms with E-state index in [9.17, 15) is 4.79 Å².